The number of piperidine rings is 1. The van der Waals surface area contributed by atoms with Crippen LogP contribution in [0.25, 0.3) is 0 Å². The van der Waals surface area contributed by atoms with Gasteiger partial charge in [0, 0.05) is 37.7 Å². The summed E-state index contributed by atoms with van der Waals surface area (Å²) in [6.45, 7) is 3.25. The highest BCUT2D eigenvalue weighted by Gasteiger charge is 2.41. The van der Waals surface area contributed by atoms with Crippen LogP contribution in [-0.2, 0) is 0 Å². The third-order valence-corrected chi connectivity index (χ3v) is 6.06. The maximum Gasteiger partial charge on any atom is 0.317 e. The summed E-state index contributed by atoms with van der Waals surface area (Å²) in [6.07, 6.45) is 7.32. The highest BCUT2D eigenvalue weighted by Crippen LogP contribution is 2.32. The molecule has 0 aromatic heterocycles. The molecule has 0 radical (unpaired) electrons. The molecule has 140 valence electrons. The van der Waals surface area contributed by atoms with Crippen LogP contribution < -0.4 is 16.0 Å². The minimum Gasteiger partial charge on any atom is -0.362 e. The fourth-order valence-electron chi connectivity index (χ4n) is 4.50. The van der Waals surface area contributed by atoms with E-state index < -0.39 is 5.66 Å². The third kappa shape index (κ3) is 3.24. The number of anilines is 1. The van der Waals surface area contributed by atoms with Gasteiger partial charge in [-0.25, -0.2) is 4.79 Å². The molecule has 1 spiro atoms. The number of hydrogen-bond donors (Lipinski definition) is 3. The predicted octanol–water partition coefficient (Wildman–Crippen LogP) is 2.98. The van der Waals surface area contributed by atoms with Crippen LogP contribution in [0.4, 0.5) is 10.5 Å². The lowest BCUT2D eigenvalue weighted by Gasteiger charge is -2.46. The van der Waals surface area contributed by atoms with E-state index in [9.17, 15) is 9.59 Å². The number of carbonyl (C=O) groups excluding carboxylic acids is 2. The van der Waals surface area contributed by atoms with Crippen LogP contribution in [-0.4, -0.2) is 41.6 Å². The zero-order valence-corrected chi connectivity index (χ0v) is 15.4. The molecule has 0 atom stereocenters. The summed E-state index contributed by atoms with van der Waals surface area (Å²) in [6, 6.07) is 6.27. The molecule has 26 heavy (non-hydrogen) atoms. The lowest BCUT2D eigenvalue weighted by molar-refractivity contribution is 0.0846. The molecule has 1 saturated heterocycles. The Balaban J connectivity index is 1.39. The molecule has 1 aliphatic carbocycles. The smallest absolute Gasteiger partial charge is 0.317 e. The van der Waals surface area contributed by atoms with E-state index in [1.807, 2.05) is 30.0 Å². The second-order valence-corrected chi connectivity index (χ2v) is 7.93. The summed E-state index contributed by atoms with van der Waals surface area (Å²) in [5, 5.41) is 9.89. The van der Waals surface area contributed by atoms with Gasteiger partial charge in [0.15, 0.2) is 0 Å². The number of likely N-dealkylation sites (tertiary alicyclic amines) is 1. The highest BCUT2D eigenvalue weighted by atomic mass is 16.2. The molecule has 0 unspecified atom stereocenters. The number of fused-ring (bicyclic) bond motifs is 1. The monoisotopic (exact) mass is 356 g/mol. The van der Waals surface area contributed by atoms with Crippen molar-refractivity contribution in [3.63, 3.8) is 0 Å². The molecule has 1 saturated carbocycles. The first-order valence-corrected chi connectivity index (χ1v) is 9.82. The van der Waals surface area contributed by atoms with Crippen LogP contribution in [0.5, 0.6) is 0 Å². The predicted molar refractivity (Wildman–Crippen MR) is 101 cm³/mol. The van der Waals surface area contributed by atoms with Crippen LogP contribution in [0.3, 0.4) is 0 Å². The number of rotatable bonds is 1. The zero-order valence-electron chi connectivity index (χ0n) is 15.4. The lowest BCUT2D eigenvalue weighted by Crippen LogP contribution is -2.63. The molecular formula is C20H28N4O2. The van der Waals surface area contributed by atoms with Crippen LogP contribution in [0.2, 0.25) is 0 Å². The summed E-state index contributed by atoms with van der Waals surface area (Å²) in [7, 11) is 0. The van der Waals surface area contributed by atoms with Crippen LogP contribution >= 0.6 is 0 Å². The third-order valence-electron chi connectivity index (χ3n) is 6.06. The second-order valence-electron chi connectivity index (χ2n) is 7.93. The van der Waals surface area contributed by atoms with Gasteiger partial charge in [0.2, 0.25) is 0 Å². The second kappa shape index (κ2) is 6.82. The molecule has 1 aromatic carbocycles. The average Bonchev–Trinajstić information content (AvgIpc) is 2.62. The molecule has 2 aliphatic heterocycles. The van der Waals surface area contributed by atoms with Crippen molar-refractivity contribution < 1.29 is 9.59 Å². The fourth-order valence-corrected chi connectivity index (χ4v) is 4.50. The molecule has 2 fully saturated rings. The number of carbonyl (C=O) groups is 2. The molecule has 0 bridgehead atoms. The average molecular weight is 356 g/mol. The van der Waals surface area contributed by atoms with E-state index in [1.165, 1.54) is 19.3 Å². The van der Waals surface area contributed by atoms with Crippen molar-refractivity contribution >= 4 is 17.6 Å². The molecule has 6 heteroatoms. The van der Waals surface area contributed by atoms with Gasteiger partial charge in [-0.2, -0.15) is 0 Å². The van der Waals surface area contributed by atoms with Crippen LogP contribution in [0.15, 0.2) is 18.2 Å². The van der Waals surface area contributed by atoms with Crippen molar-refractivity contribution in [2.75, 3.05) is 18.4 Å². The van der Waals surface area contributed by atoms with Gasteiger partial charge < -0.3 is 20.9 Å². The molecule has 4 rings (SSSR count). The molecule has 2 heterocycles. The normalized spacial score (nSPS) is 22.3. The summed E-state index contributed by atoms with van der Waals surface area (Å²) in [5.41, 5.74) is 2.16. The standard InChI is InChI=1S/C20H28N4O2/c1-14-6-5-9-16-17(14)18(25)23-20(22-16)10-12-24(13-11-20)19(26)21-15-7-3-2-4-8-15/h5-6,9,15,22H,2-4,7-8,10-13H2,1H3,(H,21,26)(H,23,25). The summed E-state index contributed by atoms with van der Waals surface area (Å²) in [4.78, 5) is 27.1. The van der Waals surface area contributed by atoms with E-state index >= 15 is 0 Å². The van der Waals surface area contributed by atoms with Crippen LogP contribution in [0.1, 0.15) is 60.9 Å². The SMILES string of the molecule is Cc1cccc2c1C(=O)NC1(CCN(C(=O)NC3CCCCC3)CC1)N2. The molecule has 1 aromatic rings. The minimum absolute atomic E-state index is 0.0167. The number of nitrogens with zero attached hydrogens (tertiary/aromatic N) is 1. The number of nitrogens with one attached hydrogen (secondary N) is 3. The van der Waals surface area contributed by atoms with Gasteiger partial charge in [0.05, 0.1) is 5.56 Å². The Hall–Kier alpha value is -2.24. The van der Waals surface area contributed by atoms with Gasteiger partial charge in [0.25, 0.3) is 5.91 Å². The Labute approximate surface area is 154 Å². The number of hydrogen-bond acceptors (Lipinski definition) is 3. The Bertz CT molecular complexity index is 704. The van der Waals surface area contributed by atoms with E-state index in [4.69, 9.17) is 0 Å². The Morgan fingerprint density at radius 2 is 1.88 bits per heavy atom. The molecule has 3 N–H and O–H groups in total. The number of aryl methyl sites for hydroxylation is 1. The Kier molecular flexibility index (Phi) is 4.51. The van der Waals surface area contributed by atoms with E-state index in [0.29, 0.717) is 32.0 Å². The zero-order chi connectivity index (χ0) is 18.1. The largest absolute Gasteiger partial charge is 0.362 e. The molecule has 3 aliphatic rings. The summed E-state index contributed by atoms with van der Waals surface area (Å²) >= 11 is 0. The van der Waals surface area contributed by atoms with E-state index in [1.54, 1.807) is 0 Å². The topological polar surface area (TPSA) is 73.5 Å². The lowest BCUT2D eigenvalue weighted by atomic mass is 9.91. The summed E-state index contributed by atoms with van der Waals surface area (Å²) in [5.74, 6) is -0.0167. The van der Waals surface area contributed by atoms with E-state index in [-0.39, 0.29) is 11.9 Å². The van der Waals surface area contributed by atoms with Crippen molar-refractivity contribution in [3.8, 4) is 0 Å². The van der Waals surface area contributed by atoms with Gasteiger partial charge in [-0.1, -0.05) is 31.4 Å². The highest BCUT2D eigenvalue weighted by molar-refractivity contribution is 6.03. The van der Waals surface area contributed by atoms with Gasteiger partial charge >= 0.3 is 6.03 Å². The first-order valence-electron chi connectivity index (χ1n) is 9.82. The van der Waals surface area contributed by atoms with E-state index in [0.717, 1.165) is 29.7 Å². The van der Waals surface area contributed by atoms with Crippen molar-refractivity contribution in [1.29, 1.82) is 0 Å². The maximum atomic E-state index is 12.6. The molecular weight excluding hydrogens is 328 g/mol. The first-order chi connectivity index (χ1) is 12.6. The minimum atomic E-state index is -0.445. The van der Waals surface area contributed by atoms with Crippen LogP contribution in [0, 0.1) is 6.92 Å². The van der Waals surface area contributed by atoms with Crippen molar-refractivity contribution in [3.05, 3.63) is 29.3 Å². The van der Waals surface area contributed by atoms with Crippen molar-refractivity contribution in [1.82, 2.24) is 15.5 Å². The van der Waals surface area contributed by atoms with Gasteiger partial charge in [0.1, 0.15) is 5.66 Å². The number of amides is 3. The maximum absolute atomic E-state index is 12.6. The van der Waals surface area contributed by atoms with Gasteiger partial charge in [-0.05, 0) is 31.4 Å². The van der Waals surface area contributed by atoms with Gasteiger partial charge in [-0.15, -0.1) is 0 Å². The number of benzene rings is 1. The molecule has 3 amide bonds. The fraction of sp³-hybridized carbons (Fsp3) is 0.600. The summed E-state index contributed by atoms with van der Waals surface area (Å²) < 4.78 is 0. The van der Waals surface area contributed by atoms with Crippen molar-refractivity contribution in [2.24, 2.45) is 0 Å². The quantitative estimate of drug-likeness (QED) is 0.724. The van der Waals surface area contributed by atoms with Crippen molar-refractivity contribution in [2.45, 2.75) is 63.6 Å². The van der Waals surface area contributed by atoms with Gasteiger partial charge in [-0.3, -0.25) is 4.79 Å². The number of urea groups is 1. The van der Waals surface area contributed by atoms with E-state index in [2.05, 4.69) is 16.0 Å². The first kappa shape index (κ1) is 17.2. The Morgan fingerprint density at radius 3 is 2.62 bits per heavy atom. The Morgan fingerprint density at radius 1 is 1.15 bits per heavy atom. The molecule has 6 nitrogen and oxygen atoms in total.